The zero-order valence-corrected chi connectivity index (χ0v) is 21.8. The van der Waals surface area contributed by atoms with Crippen molar-refractivity contribution in [2.45, 2.75) is 92.9 Å². The summed E-state index contributed by atoms with van der Waals surface area (Å²) in [6.45, 7) is 22.8. The van der Waals surface area contributed by atoms with Crippen molar-refractivity contribution in [1.82, 2.24) is 15.4 Å². The Kier molecular flexibility index (Phi) is 7.48. The van der Waals surface area contributed by atoms with Crippen molar-refractivity contribution in [2.24, 2.45) is 10.8 Å². The molecule has 0 atom stereocenters. The third-order valence-electron chi connectivity index (χ3n) is 5.68. The van der Waals surface area contributed by atoms with Crippen LogP contribution in [0.25, 0.3) is 11.0 Å². The fourth-order valence-corrected chi connectivity index (χ4v) is 5.14. The standard InChI is InChI=1S/C22H38O.C6H5N3/c1-19(2,3)14-21(7,8)16-11-12-18(23)17(13-16)22(9,10)15-20(4,5)6;1-2-4-6-5(3-1)7-9-8-6/h11-13,23H,14-15H2,1-10H3;1-4H,(H,7,8,9). The number of phenolic OH excluding ortho intramolecular Hbond substituents is 1. The van der Waals surface area contributed by atoms with E-state index in [4.69, 9.17) is 0 Å². The van der Waals surface area contributed by atoms with E-state index in [-0.39, 0.29) is 21.7 Å². The maximum Gasteiger partial charge on any atom is 0.119 e. The van der Waals surface area contributed by atoms with Gasteiger partial charge in [-0.05, 0) is 63.8 Å². The largest absolute Gasteiger partial charge is 0.508 e. The first kappa shape index (κ1) is 25.9. The van der Waals surface area contributed by atoms with Crippen LogP contribution in [0.3, 0.4) is 0 Å². The summed E-state index contributed by atoms with van der Waals surface area (Å²) in [5, 5.41) is 20.7. The normalized spacial score (nSPS) is 13.1. The lowest BCUT2D eigenvalue weighted by Gasteiger charge is -2.36. The van der Waals surface area contributed by atoms with E-state index in [1.165, 1.54) is 5.56 Å². The minimum atomic E-state index is -0.0455. The number of aromatic amines is 1. The summed E-state index contributed by atoms with van der Waals surface area (Å²) in [5.74, 6) is 0.426. The van der Waals surface area contributed by atoms with Crippen LogP contribution in [0.4, 0.5) is 0 Å². The average molecular weight is 438 g/mol. The number of phenols is 1. The van der Waals surface area contributed by atoms with Gasteiger partial charge in [-0.15, -0.1) is 5.10 Å². The highest BCUT2D eigenvalue weighted by Crippen LogP contribution is 2.43. The third kappa shape index (κ3) is 7.36. The maximum atomic E-state index is 10.5. The number of para-hydroxylation sites is 1. The molecule has 0 aliphatic rings. The number of nitrogens with one attached hydrogen (secondary N) is 1. The number of rotatable bonds is 4. The van der Waals surface area contributed by atoms with Gasteiger partial charge in [0.25, 0.3) is 0 Å². The molecular weight excluding hydrogens is 394 g/mol. The van der Waals surface area contributed by atoms with Crippen molar-refractivity contribution < 1.29 is 5.11 Å². The molecule has 176 valence electrons. The number of H-pyrrole nitrogens is 1. The molecule has 32 heavy (non-hydrogen) atoms. The Hall–Kier alpha value is -2.36. The van der Waals surface area contributed by atoms with Crippen LogP contribution in [0, 0.1) is 10.8 Å². The molecule has 0 saturated heterocycles. The van der Waals surface area contributed by atoms with E-state index in [9.17, 15) is 5.11 Å². The van der Waals surface area contributed by atoms with E-state index in [0.717, 1.165) is 29.4 Å². The molecule has 0 fully saturated rings. The van der Waals surface area contributed by atoms with Gasteiger partial charge in [0.15, 0.2) is 0 Å². The lowest BCUT2D eigenvalue weighted by atomic mass is 9.68. The Bertz CT molecular complexity index is 987. The quantitative estimate of drug-likeness (QED) is 0.438. The van der Waals surface area contributed by atoms with Crippen molar-refractivity contribution in [3.05, 3.63) is 53.6 Å². The van der Waals surface area contributed by atoms with Gasteiger partial charge in [-0.25, -0.2) is 0 Å². The van der Waals surface area contributed by atoms with E-state index in [1.807, 2.05) is 30.3 Å². The van der Waals surface area contributed by atoms with Gasteiger partial charge in [0.05, 0.1) is 5.52 Å². The molecule has 0 spiro atoms. The van der Waals surface area contributed by atoms with E-state index >= 15 is 0 Å². The topological polar surface area (TPSA) is 61.8 Å². The van der Waals surface area contributed by atoms with Crippen LogP contribution < -0.4 is 0 Å². The lowest BCUT2D eigenvalue weighted by molar-refractivity contribution is 0.274. The first-order valence-electron chi connectivity index (χ1n) is 11.6. The molecule has 2 aromatic carbocycles. The lowest BCUT2D eigenvalue weighted by Crippen LogP contribution is -2.27. The average Bonchev–Trinajstić information content (AvgIpc) is 3.07. The number of hydrogen-bond donors (Lipinski definition) is 2. The maximum absolute atomic E-state index is 10.5. The minimum Gasteiger partial charge on any atom is -0.508 e. The van der Waals surface area contributed by atoms with E-state index in [1.54, 1.807) is 0 Å². The SMILES string of the molecule is CC(C)(C)CC(C)(C)c1ccc(O)c(C(C)(C)CC(C)(C)C)c1.c1ccc2[nH]nnc2c1. The summed E-state index contributed by atoms with van der Waals surface area (Å²) in [5.41, 5.74) is 4.86. The van der Waals surface area contributed by atoms with Crippen molar-refractivity contribution >= 4 is 11.0 Å². The summed E-state index contributed by atoms with van der Waals surface area (Å²) >= 11 is 0. The smallest absolute Gasteiger partial charge is 0.119 e. The zero-order chi connectivity index (χ0) is 24.4. The number of benzene rings is 2. The van der Waals surface area contributed by atoms with Crippen molar-refractivity contribution in [1.29, 1.82) is 0 Å². The summed E-state index contributed by atoms with van der Waals surface area (Å²) in [6, 6.07) is 14.0. The van der Waals surface area contributed by atoms with Crippen molar-refractivity contribution in [3.8, 4) is 5.75 Å². The highest BCUT2D eigenvalue weighted by Gasteiger charge is 2.32. The minimum absolute atomic E-state index is 0.0455. The molecule has 4 nitrogen and oxygen atoms in total. The molecule has 1 aromatic heterocycles. The molecule has 4 heteroatoms. The summed E-state index contributed by atoms with van der Waals surface area (Å²) in [4.78, 5) is 0. The Labute approximate surface area is 194 Å². The fourth-order valence-electron chi connectivity index (χ4n) is 5.14. The first-order chi connectivity index (χ1) is 14.5. The molecule has 0 amide bonds. The van der Waals surface area contributed by atoms with Crippen LogP contribution in [0.15, 0.2) is 42.5 Å². The summed E-state index contributed by atoms with van der Waals surface area (Å²) < 4.78 is 0. The molecule has 0 aliphatic carbocycles. The molecule has 0 aliphatic heterocycles. The van der Waals surface area contributed by atoms with Crippen LogP contribution in [-0.4, -0.2) is 20.5 Å². The van der Waals surface area contributed by atoms with Crippen LogP contribution in [0.5, 0.6) is 5.75 Å². The van der Waals surface area contributed by atoms with Crippen LogP contribution in [0.1, 0.15) is 93.2 Å². The Morgan fingerprint density at radius 3 is 1.88 bits per heavy atom. The van der Waals surface area contributed by atoms with Gasteiger partial charge in [-0.3, -0.25) is 5.10 Å². The second kappa shape index (κ2) is 9.25. The second-order valence-corrected chi connectivity index (χ2v) is 12.8. The van der Waals surface area contributed by atoms with Crippen LogP contribution in [0.2, 0.25) is 0 Å². The molecular formula is C28H43N3O. The Morgan fingerprint density at radius 2 is 1.31 bits per heavy atom. The van der Waals surface area contributed by atoms with E-state index < -0.39 is 0 Å². The highest BCUT2D eigenvalue weighted by molar-refractivity contribution is 5.72. The Balaban J connectivity index is 0.000000329. The number of hydrogen-bond acceptors (Lipinski definition) is 3. The fraction of sp³-hybridized carbons (Fsp3) is 0.571. The number of fused-ring (bicyclic) bond motifs is 1. The third-order valence-corrected chi connectivity index (χ3v) is 5.68. The molecule has 3 aromatic rings. The van der Waals surface area contributed by atoms with Crippen LogP contribution >= 0.6 is 0 Å². The molecule has 1 heterocycles. The van der Waals surface area contributed by atoms with Crippen molar-refractivity contribution in [2.75, 3.05) is 0 Å². The van der Waals surface area contributed by atoms with Gasteiger partial charge in [0, 0.05) is 0 Å². The summed E-state index contributed by atoms with van der Waals surface area (Å²) in [6.07, 6.45) is 2.15. The van der Waals surface area contributed by atoms with Gasteiger partial charge in [-0.2, -0.15) is 0 Å². The zero-order valence-electron chi connectivity index (χ0n) is 21.8. The predicted molar refractivity (Wildman–Crippen MR) is 136 cm³/mol. The van der Waals surface area contributed by atoms with Crippen molar-refractivity contribution in [3.63, 3.8) is 0 Å². The predicted octanol–water partition coefficient (Wildman–Crippen LogP) is 7.78. The van der Waals surface area contributed by atoms with Gasteiger partial charge in [0.2, 0.25) is 0 Å². The summed E-state index contributed by atoms with van der Waals surface area (Å²) in [7, 11) is 0. The molecule has 0 bridgehead atoms. The van der Waals surface area contributed by atoms with E-state index in [0.29, 0.717) is 5.75 Å². The second-order valence-electron chi connectivity index (χ2n) is 12.8. The van der Waals surface area contributed by atoms with Crippen LogP contribution in [-0.2, 0) is 10.8 Å². The van der Waals surface area contributed by atoms with Gasteiger partial charge in [-0.1, -0.05) is 98.7 Å². The molecule has 0 saturated carbocycles. The van der Waals surface area contributed by atoms with Gasteiger partial charge in [0.1, 0.15) is 11.3 Å². The molecule has 3 rings (SSSR count). The first-order valence-corrected chi connectivity index (χ1v) is 11.6. The highest BCUT2D eigenvalue weighted by atomic mass is 16.3. The van der Waals surface area contributed by atoms with E-state index in [2.05, 4.69) is 96.8 Å². The number of aromatic nitrogens is 3. The van der Waals surface area contributed by atoms with Gasteiger partial charge < -0.3 is 5.11 Å². The molecule has 2 N–H and O–H groups in total. The molecule has 0 unspecified atom stereocenters. The Morgan fingerprint density at radius 1 is 0.750 bits per heavy atom. The number of nitrogens with zero attached hydrogens (tertiary/aromatic N) is 2. The molecule has 0 radical (unpaired) electrons. The number of aromatic hydroxyl groups is 1. The van der Waals surface area contributed by atoms with Gasteiger partial charge >= 0.3 is 0 Å². The monoisotopic (exact) mass is 437 g/mol.